The predicted octanol–water partition coefficient (Wildman–Crippen LogP) is 3.14. The molecule has 0 saturated carbocycles. The molecule has 0 radical (unpaired) electrons. The third-order valence-electron chi connectivity index (χ3n) is 2.45. The third-order valence-corrected chi connectivity index (χ3v) is 2.72. The van der Waals surface area contributed by atoms with E-state index < -0.39 is 0 Å². The quantitative estimate of drug-likeness (QED) is 0.472. The molecule has 1 rings (SSSR count). The van der Waals surface area contributed by atoms with Crippen LogP contribution in [0.15, 0.2) is 42.0 Å². The van der Waals surface area contributed by atoms with Crippen molar-refractivity contribution in [3.63, 3.8) is 0 Å². The Bertz CT molecular complexity index is 429. The van der Waals surface area contributed by atoms with Crippen LogP contribution in [0.2, 0.25) is 0 Å². The number of hydrogen-bond acceptors (Lipinski definition) is 2. The Labute approximate surface area is 120 Å². The first-order chi connectivity index (χ1) is 9.36. The second-order valence-electron chi connectivity index (χ2n) is 3.98. The first-order valence-electron chi connectivity index (χ1n) is 6.33. The van der Waals surface area contributed by atoms with Gasteiger partial charge in [0, 0.05) is 11.5 Å². The largest absolute Gasteiger partial charge is 0.392 e. The summed E-state index contributed by atoms with van der Waals surface area (Å²) in [5.41, 5.74) is 2.06. The van der Waals surface area contributed by atoms with E-state index in [1.807, 2.05) is 30.3 Å². The van der Waals surface area contributed by atoms with Gasteiger partial charge in [-0.1, -0.05) is 42.2 Å². The lowest BCUT2D eigenvalue weighted by Crippen LogP contribution is -1.93. The molecule has 0 atom stereocenters. The van der Waals surface area contributed by atoms with Gasteiger partial charge >= 0.3 is 0 Å². The van der Waals surface area contributed by atoms with Crippen LogP contribution >= 0.6 is 11.6 Å². The van der Waals surface area contributed by atoms with E-state index >= 15 is 0 Å². The number of benzene rings is 1. The van der Waals surface area contributed by atoms with Crippen LogP contribution in [-0.2, 0) is 11.3 Å². The lowest BCUT2D eigenvalue weighted by atomic mass is 10.1. The fourth-order valence-electron chi connectivity index (χ4n) is 1.53. The topological polar surface area (TPSA) is 29.5 Å². The van der Waals surface area contributed by atoms with Crippen LogP contribution in [0.3, 0.4) is 0 Å². The minimum Gasteiger partial charge on any atom is -0.392 e. The molecule has 1 aromatic carbocycles. The fourth-order valence-corrected chi connectivity index (χ4v) is 1.66. The highest BCUT2D eigenvalue weighted by molar-refractivity contribution is 6.17. The Balaban J connectivity index is 2.30. The summed E-state index contributed by atoms with van der Waals surface area (Å²) < 4.78 is 5.46. The van der Waals surface area contributed by atoms with Crippen LogP contribution in [0, 0.1) is 11.8 Å². The second kappa shape index (κ2) is 10.6. The van der Waals surface area contributed by atoms with Crippen molar-refractivity contribution in [1.29, 1.82) is 0 Å². The van der Waals surface area contributed by atoms with Gasteiger partial charge in [-0.25, -0.2) is 0 Å². The first kappa shape index (κ1) is 15.8. The van der Waals surface area contributed by atoms with E-state index in [1.165, 1.54) is 0 Å². The highest BCUT2D eigenvalue weighted by atomic mass is 35.5. The predicted molar refractivity (Wildman–Crippen MR) is 79.0 cm³/mol. The molecule has 0 amide bonds. The minimum absolute atomic E-state index is 0.0111. The highest BCUT2D eigenvalue weighted by Crippen LogP contribution is 2.04. The molecular formula is C16H19ClO2. The fraction of sp³-hybridized carbons (Fsp3) is 0.375. The number of alkyl halides is 1. The molecule has 0 bridgehead atoms. The molecule has 0 unspecified atom stereocenters. The Hall–Kier alpha value is -1.27. The van der Waals surface area contributed by atoms with Gasteiger partial charge in [0.05, 0.1) is 13.2 Å². The average Bonchev–Trinajstić information content (AvgIpc) is 2.45. The van der Waals surface area contributed by atoms with Gasteiger partial charge in [-0.3, -0.25) is 0 Å². The maximum Gasteiger partial charge on any atom is 0.108 e. The molecule has 0 spiro atoms. The summed E-state index contributed by atoms with van der Waals surface area (Å²) in [7, 11) is 0. The van der Waals surface area contributed by atoms with E-state index in [-0.39, 0.29) is 6.61 Å². The summed E-state index contributed by atoms with van der Waals surface area (Å²) in [6.07, 6.45) is 3.39. The summed E-state index contributed by atoms with van der Waals surface area (Å²) in [4.78, 5) is 0. The van der Waals surface area contributed by atoms with Gasteiger partial charge in [-0.15, -0.1) is 11.6 Å². The van der Waals surface area contributed by atoms with Crippen LogP contribution in [0.4, 0.5) is 0 Å². The van der Waals surface area contributed by atoms with E-state index in [0.717, 1.165) is 24.0 Å². The van der Waals surface area contributed by atoms with Gasteiger partial charge in [-0.05, 0) is 24.5 Å². The highest BCUT2D eigenvalue weighted by Gasteiger charge is 1.93. The van der Waals surface area contributed by atoms with Crippen molar-refractivity contribution in [2.24, 2.45) is 0 Å². The molecule has 0 saturated heterocycles. The van der Waals surface area contributed by atoms with Gasteiger partial charge in [0.1, 0.15) is 6.61 Å². The molecule has 0 aliphatic carbocycles. The van der Waals surface area contributed by atoms with Gasteiger partial charge < -0.3 is 9.84 Å². The van der Waals surface area contributed by atoms with E-state index in [4.69, 9.17) is 21.4 Å². The number of aliphatic hydroxyl groups is 1. The Morgan fingerprint density at radius 2 is 2.11 bits per heavy atom. The summed E-state index contributed by atoms with van der Waals surface area (Å²) in [5, 5.41) is 8.88. The summed E-state index contributed by atoms with van der Waals surface area (Å²) >= 11 is 5.63. The maximum atomic E-state index is 8.88. The van der Waals surface area contributed by atoms with Crippen LogP contribution < -0.4 is 0 Å². The van der Waals surface area contributed by atoms with E-state index in [1.54, 1.807) is 6.08 Å². The number of aliphatic hydroxyl groups excluding tert-OH is 1. The minimum atomic E-state index is 0.0111. The lowest BCUT2D eigenvalue weighted by Gasteiger charge is -2.00. The zero-order valence-electron chi connectivity index (χ0n) is 10.9. The molecule has 0 fully saturated rings. The van der Waals surface area contributed by atoms with E-state index in [0.29, 0.717) is 19.1 Å². The maximum absolute atomic E-state index is 8.88. The molecule has 19 heavy (non-hydrogen) atoms. The Kier molecular flexibility index (Phi) is 8.84. The van der Waals surface area contributed by atoms with E-state index in [2.05, 4.69) is 11.8 Å². The van der Waals surface area contributed by atoms with Crippen molar-refractivity contribution in [3.05, 3.63) is 47.5 Å². The number of allylic oxidation sites excluding steroid dienone is 1. The molecule has 2 nitrogen and oxygen atoms in total. The molecule has 1 aromatic rings. The van der Waals surface area contributed by atoms with Gasteiger partial charge in [0.25, 0.3) is 0 Å². The number of halogens is 1. The molecular weight excluding hydrogens is 260 g/mol. The molecule has 0 aromatic heterocycles. The van der Waals surface area contributed by atoms with Crippen LogP contribution in [0.1, 0.15) is 18.4 Å². The zero-order chi connectivity index (χ0) is 13.8. The van der Waals surface area contributed by atoms with Crippen LogP contribution in [0.25, 0.3) is 0 Å². The van der Waals surface area contributed by atoms with Crippen molar-refractivity contribution < 1.29 is 9.84 Å². The van der Waals surface area contributed by atoms with Gasteiger partial charge in [0.2, 0.25) is 0 Å². The lowest BCUT2D eigenvalue weighted by molar-refractivity contribution is 0.153. The number of ether oxygens (including phenoxy) is 1. The van der Waals surface area contributed by atoms with Gasteiger partial charge in [-0.2, -0.15) is 0 Å². The van der Waals surface area contributed by atoms with Crippen molar-refractivity contribution in [3.8, 4) is 11.8 Å². The molecule has 102 valence electrons. The molecule has 1 N–H and O–H groups in total. The molecule has 3 heteroatoms. The van der Waals surface area contributed by atoms with Crippen LogP contribution in [-0.4, -0.2) is 24.2 Å². The van der Waals surface area contributed by atoms with Crippen molar-refractivity contribution in [1.82, 2.24) is 0 Å². The van der Waals surface area contributed by atoms with Crippen molar-refractivity contribution in [2.75, 3.05) is 19.1 Å². The standard InChI is InChI=1S/C16H19ClO2/c17-11-4-8-15(10-12-18)9-5-13-19-14-16-6-2-1-3-7-16/h1-3,6-7,10,18H,4,8,11-14H2/b15-10-. The number of rotatable bonds is 7. The monoisotopic (exact) mass is 278 g/mol. The van der Waals surface area contributed by atoms with Crippen LogP contribution in [0.5, 0.6) is 0 Å². The van der Waals surface area contributed by atoms with Crippen molar-refractivity contribution >= 4 is 11.6 Å². The summed E-state index contributed by atoms with van der Waals surface area (Å²) in [5.74, 6) is 6.57. The van der Waals surface area contributed by atoms with E-state index in [9.17, 15) is 0 Å². The SMILES string of the molecule is OC/C=C(\C#CCOCc1ccccc1)CCCCl. The number of hydrogen-bond donors (Lipinski definition) is 1. The Morgan fingerprint density at radius 3 is 2.79 bits per heavy atom. The summed E-state index contributed by atoms with van der Waals surface area (Å²) in [6.45, 7) is 0.964. The normalized spacial score (nSPS) is 10.9. The second-order valence-corrected chi connectivity index (χ2v) is 4.36. The zero-order valence-corrected chi connectivity index (χ0v) is 11.7. The third kappa shape index (κ3) is 7.69. The Morgan fingerprint density at radius 1 is 1.32 bits per heavy atom. The van der Waals surface area contributed by atoms with Gasteiger partial charge in [0.15, 0.2) is 0 Å². The average molecular weight is 279 g/mol. The summed E-state index contributed by atoms with van der Waals surface area (Å²) in [6, 6.07) is 9.99. The first-order valence-corrected chi connectivity index (χ1v) is 6.86. The molecule has 0 aliphatic rings. The molecule has 0 aliphatic heterocycles. The molecule has 0 heterocycles. The smallest absolute Gasteiger partial charge is 0.108 e. The van der Waals surface area contributed by atoms with Crippen molar-refractivity contribution in [2.45, 2.75) is 19.4 Å².